The summed E-state index contributed by atoms with van der Waals surface area (Å²) in [6.45, 7) is 3.52. The highest BCUT2D eigenvalue weighted by molar-refractivity contribution is 5.12. The number of nitrogens with zero attached hydrogens (tertiary/aromatic N) is 2. The highest BCUT2D eigenvalue weighted by Crippen LogP contribution is 2.40. The Balaban J connectivity index is 1.91. The van der Waals surface area contributed by atoms with E-state index in [1.807, 2.05) is 12.5 Å². The molecule has 82 valence electrons. The second-order valence-corrected chi connectivity index (χ2v) is 5.19. The molecule has 1 aromatic heterocycles. The molecule has 15 heavy (non-hydrogen) atoms. The van der Waals surface area contributed by atoms with Crippen LogP contribution >= 0.6 is 0 Å². The number of nitrogens with one attached hydrogen (secondary N) is 1. The Labute approximate surface area is 90.9 Å². The highest BCUT2D eigenvalue weighted by Gasteiger charge is 2.36. The summed E-state index contributed by atoms with van der Waals surface area (Å²) in [4.78, 5) is 4.34. The van der Waals surface area contributed by atoms with Gasteiger partial charge in [-0.25, -0.2) is 4.98 Å². The van der Waals surface area contributed by atoms with Gasteiger partial charge in [0.15, 0.2) is 0 Å². The van der Waals surface area contributed by atoms with E-state index in [0.717, 1.165) is 6.54 Å². The first-order valence-corrected chi connectivity index (χ1v) is 6.06. The van der Waals surface area contributed by atoms with E-state index in [2.05, 4.69) is 21.8 Å². The molecule has 2 fully saturated rings. The molecule has 0 bridgehead atoms. The van der Waals surface area contributed by atoms with Gasteiger partial charge in [0, 0.05) is 17.8 Å². The van der Waals surface area contributed by atoms with Crippen LogP contribution in [-0.2, 0) is 5.54 Å². The van der Waals surface area contributed by atoms with Crippen molar-refractivity contribution in [3.05, 3.63) is 18.2 Å². The van der Waals surface area contributed by atoms with Crippen LogP contribution in [0.1, 0.15) is 50.8 Å². The molecule has 3 nitrogen and oxygen atoms in total. The monoisotopic (exact) mass is 205 g/mol. The van der Waals surface area contributed by atoms with Crippen LogP contribution in [-0.4, -0.2) is 16.1 Å². The summed E-state index contributed by atoms with van der Waals surface area (Å²) >= 11 is 0. The van der Waals surface area contributed by atoms with Gasteiger partial charge in [-0.1, -0.05) is 0 Å². The fourth-order valence-electron chi connectivity index (χ4n) is 2.88. The molecule has 0 amide bonds. The molecule has 3 rings (SSSR count). The van der Waals surface area contributed by atoms with Gasteiger partial charge in [0.2, 0.25) is 0 Å². The fourth-order valence-corrected chi connectivity index (χ4v) is 2.88. The lowest BCUT2D eigenvalue weighted by Crippen LogP contribution is -2.38. The van der Waals surface area contributed by atoms with E-state index in [0.29, 0.717) is 11.6 Å². The van der Waals surface area contributed by atoms with Crippen LogP contribution < -0.4 is 5.32 Å². The van der Waals surface area contributed by atoms with Crippen molar-refractivity contribution in [3.63, 3.8) is 0 Å². The number of rotatable bonds is 2. The number of hydrogen-bond donors (Lipinski definition) is 1. The minimum atomic E-state index is 0.357. The molecule has 0 radical (unpaired) electrons. The summed E-state index contributed by atoms with van der Waals surface area (Å²) in [5.41, 5.74) is 1.76. The van der Waals surface area contributed by atoms with Crippen molar-refractivity contribution in [3.8, 4) is 0 Å². The van der Waals surface area contributed by atoms with Crippen LogP contribution in [0, 0.1) is 0 Å². The van der Waals surface area contributed by atoms with Crippen LogP contribution in [0.5, 0.6) is 0 Å². The van der Waals surface area contributed by atoms with E-state index in [1.165, 1.54) is 37.8 Å². The zero-order chi connectivity index (χ0) is 10.3. The van der Waals surface area contributed by atoms with Crippen molar-refractivity contribution in [2.75, 3.05) is 6.54 Å². The second-order valence-electron chi connectivity index (χ2n) is 5.19. The predicted molar refractivity (Wildman–Crippen MR) is 59.7 cm³/mol. The van der Waals surface area contributed by atoms with E-state index >= 15 is 0 Å². The summed E-state index contributed by atoms with van der Waals surface area (Å²) < 4.78 is 2.42. The van der Waals surface area contributed by atoms with Crippen molar-refractivity contribution in [1.29, 1.82) is 0 Å². The zero-order valence-electron chi connectivity index (χ0n) is 9.37. The maximum atomic E-state index is 4.34. The van der Waals surface area contributed by atoms with Crippen molar-refractivity contribution < 1.29 is 0 Å². The van der Waals surface area contributed by atoms with Crippen LogP contribution in [0.25, 0.3) is 0 Å². The summed E-state index contributed by atoms with van der Waals surface area (Å²) in [6, 6.07) is 0.546. The first kappa shape index (κ1) is 9.40. The van der Waals surface area contributed by atoms with Gasteiger partial charge < -0.3 is 9.88 Å². The summed E-state index contributed by atoms with van der Waals surface area (Å²) in [5.74, 6) is 0. The third kappa shape index (κ3) is 1.41. The average molecular weight is 205 g/mol. The molecule has 3 heteroatoms. The number of aromatic nitrogens is 2. The van der Waals surface area contributed by atoms with E-state index in [9.17, 15) is 0 Å². The Morgan fingerprint density at radius 2 is 2.33 bits per heavy atom. The number of imidazole rings is 1. The van der Waals surface area contributed by atoms with Gasteiger partial charge >= 0.3 is 0 Å². The first-order chi connectivity index (χ1) is 7.30. The Bertz CT molecular complexity index is 346. The lowest BCUT2D eigenvalue weighted by atomic mass is 9.78. The second kappa shape index (κ2) is 3.34. The molecule has 0 aromatic carbocycles. The van der Waals surface area contributed by atoms with Crippen LogP contribution in [0.3, 0.4) is 0 Å². The summed E-state index contributed by atoms with van der Waals surface area (Å²) in [6.07, 6.45) is 10.6. The molecule has 0 unspecified atom stereocenters. The number of hydrogen-bond acceptors (Lipinski definition) is 2. The summed E-state index contributed by atoms with van der Waals surface area (Å²) in [7, 11) is 0. The lowest BCUT2D eigenvalue weighted by molar-refractivity contribution is 0.161. The SMILES string of the molecule is CC1(n2cncc2[C@@H]2CCCN2)CCC1. The lowest BCUT2D eigenvalue weighted by Gasteiger charge is -2.41. The Hall–Kier alpha value is -0.830. The molecule has 0 spiro atoms. The van der Waals surface area contributed by atoms with Crippen molar-refractivity contribution in [1.82, 2.24) is 14.9 Å². The van der Waals surface area contributed by atoms with Gasteiger partial charge in [-0.2, -0.15) is 0 Å². The van der Waals surface area contributed by atoms with Gasteiger partial charge in [-0.3, -0.25) is 0 Å². The maximum Gasteiger partial charge on any atom is 0.0953 e. The minimum Gasteiger partial charge on any atom is -0.327 e. The molecule has 1 atom stereocenters. The van der Waals surface area contributed by atoms with Gasteiger partial charge in [-0.15, -0.1) is 0 Å². The van der Waals surface area contributed by atoms with E-state index < -0.39 is 0 Å². The predicted octanol–water partition coefficient (Wildman–Crippen LogP) is 2.21. The highest BCUT2D eigenvalue weighted by atomic mass is 15.2. The summed E-state index contributed by atoms with van der Waals surface area (Å²) in [5, 5.41) is 3.56. The quantitative estimate of drug-likeness (QED) is 0.802. The van der Waals surface area contributed by atoms with Crippen LogP contribution in [0.4, 0.5) is 0 Å². The smallest absolute Gasteiger partial charge is 0.0953 e. The van der Waals surface area contributed by atoms with E-state index in [1.54, 1.807) is 0 Å². The van der Waals surface area contributed by atoms with E-state index in [4.69, 9.17) is 0 Å². The third-order valence-corrected chi connectivity index (χ3v) is 4.10. The fraction of sp³-hybridized carbons (Fsp3) is 0.750. The molecule has 1 aromatic rings. The molecular formula is C12H19N3. The van der Waals surface area contributed by atoms with Gasteiger partial charge in [0.25, 0.3) is 0 Å². The van der Waals surface area contributed by atoms with Gasteiger partial charge in [0.1, 0.15) is 0 Å². The molecule has 1 saturated heterocycles. The molecular weight excluding hydrogens is 186 g/mol. The van der Waals surface area contributed by atoms with Crippen LogP contribution in [0.15, 0.2) is 12.5 Å². The Kier molecular flexibility index (Phi) is 2.09. The first-order valence-electron chi connectivity index (χ1n) is 6.06. The van der Waals surface area contributed by atoms with Gasteiger partial charge in [-0.05, 0) is 45.6 Å². The molecule has 1 saturated carbocycles. The van der Waals surface area contributed by atoms with Gasteiger partial charge in [0.05, 0.1) is 12.0 Å². The maximum absolute atomic E-state index is 4.34. The molecule has 1 aliphatic carbocycles. The standard InChI is InChI=1S/C12H19N3/c1-12(5-3-6-12)15-9-13-8-11(15)10-4-2-7-14-10/h8-10,14H,2-7H2,1H3/t10-/m0/s1. The Morgan fingerprint density at radius 3 is 2.93 bits per heavy atom. The normalized spacial score (nSPS) is 29.0. The minimum absolute atomic E-state index is 0.357. The Morgan fingerprint density at radius 1 is 1.47 bits per heavy atom. The van der Waals surface area contributed by atoms with E-state index in [-0.39, 0.29) is 0 Å². The van der Waals surface area contributed by atoms with Crippen molar-refractivity contribution in [2.45, 2.75) is 50.6 Å². The zero-order valence-corrected chi connectivity index (χ0v) is 9.37. The topological polar surface area (TPSA) is 29.9 Å². The molecule has 1 N–H and O–H groups in total. The molecule has 2 heterocycles. The largest absolute Gasteiger partial charge is 0.327 e. The third-order valence-electron chi connectivity index (χ3n) is 4.10. The average Bonchev–Trinajstić information content (AvgIpc) is 2.83. The van der Waals surface area contributed by atoms with Crippen molar-refractivity contribution >= 4 is 0 Å². The van der Waals surface area contributed by atoms with Crippen molar-refractivity contribution in [2.24, 2.45) is 0 Å². The van der Waals surface area contributed by atoms with Crippen LogP contribution in [0.2, 0.25) is 0 Å². The molecule has 1 aliphatic heterocycles. The molecule has 2 aliphatic rings.